The first kappa shape index (κ1) is 16.1. The molecule has 0 unspecified atom stereocenters. The third kappa shape index (κ3) is 5.20. The molecule has 0 aliphatic carbocycles. The Bertz CT molecular complexity index is 673. The maximum atomic E-state index is 4.30. The van der Waals surface area contributed by atoms with Crippen LogP contribution in [0.15, 0.2) is 93.5 Å². The van der Waals surface area contributed by atoms with Crippen LogP contribution in [0, 0.1) is 0 Å². The molecule has 0 N–H and O–H groups in total. The predicted octanol–water partition coefficient (Wildman–Crippen LogP) is 5.91. The maximum absolute atomic E-state index is 4.30. The lowest BCUT2D eigenvalue weighted by Gasteiger charge is -2.01. The molecule has 0 spiro atoms. The summed E-state index contributed by atoms with van der Waals surface area (Å²) >= 11 is 12.5. The van der Waals surface area contributed by atoms with Crippen LogP contribution in [-0.2, 0) is 0 Å². The van der Waals surface area contributed by atoms with Crippen molar-refractivity contribution in [3.8, 4) is 11.1 Å². The van der Waals surface area contributed by atoms with Crippen LogP contribution in [0.4, 0.5) is 0 Å². The minimum absolute atomic E-state index is 0.927. The van der Waals surface area contributed by atoms with Crippen molar-refractivity contribution in [2.75, 3.05) is 0 Å². The summed E-state index contributed by atoms with van der Waals surface area (Å²) in [6.45, 7) is 0. The van der Waals surface area contributed by atoms with Crippen LogP contribution in [0.25, 0.3) is 11.1 Å². The molecule has 0 heterocycles. The van der Waals surface area contributed by atoms with Gasteiger partial charge in [-0.2, -0.15) is 0 Å². The fourth-order valence-corrected chi connectivity index (χ4v) is 2.33. The zero-order chi connectivity index (χ0) is 15.1. The van der Waals surface area contributed by atoms with Crippen LogP contribution in [-0.4, -0.2) is 0 Å². The molecule has 0 fully saturated rings. The van der Waals surface area contributed by atoms with Gasteiger partial charge >= 0.3 is 0 Å². The number of thiol groups is 3. The van der Waals surface area contributed by atoms with Crippen LogP contribution in [0.5, 0.6) is 0 Å². The van der Waals surface area contributed by atoms with Crippen LogP contribution in [0.3, 0.4) is 0 Å². The zero-order valence-corrected chi connectivity index (χ0v) is 14.0. The number of hydrogen-bond donors (Lipinski definition) is 3. The lowest BCUT2D eigenvalue weighted by molar-refractivity contribution is 1.27. The predicted molar refractivity (Wildman–Crippen MR) is 100 cm³/mol. The second-order valence-corrected chi connectivity index (χ2v) is 5.89. The first-order valence-electron chi connectivity index (χ1n) is 6.48. The second kappa shape index (κ2) is 8.23. The number of benzene rings is 3. The fraction of sp³-hybridized carbons (Fsp3) is 0. The average molecular weight is 329 g/mol. The molecule has 0 bridgehead atoms. The standard InChI is InChI=1S/C12H10S.C6H6S2/c13-12-8-4-7-11(9-12)10-5-2-1-3-6-10;7-5-3-1-2-4-6(5)8/h1-9,13H;1-4,7-8H. The number of hydrogen-bond acceptors (Lipinski definition) is 3. The van der Waals surface area contributed by atoms with E-state index in [-0.39, 0.29) is 0 Å². The van der Waals surface area contributed by atoms with Gasteiger partial charge in [-0.05, 0) is 35.4 Å². The van der Waals surface area contributed by atoms with E-state index in [4.69, 9.17) is 0 Å². The summed E-state index contributed by atoms with van der Waals surface area (Å²) in [7, 11) is 0. The lowest BCUT2D eigenvalue weighted by atomic mass is 10.1. The minimum atomic E-state index is 0.927. The Hall–Kier alpha value is -1.29. The highest BCUT2D eigenvalue weighted by molar-refractivity contribution is 7.83. The molecule has 21 heavy (non-hydrogen) atoms. The van der Waals surface area contributed by atoms with Gasteiger partial charge in [0, 0.05) is 14.7 Å². The van der Waals surface area contributed by atoms with Gasteiger partial charge < -0.3 is 0 Å². The van der Waals surface area contributed by atoms with Gasteiger partial charge in [0.2, 0.25) is 0 Å². The molecule has 0 nitrogen and oxygen atoms in total. The van der Waals surface area contributed by atoms with Crippen molar-refractivity contribution in [1.29, 1.82) is 0 Å². The summed E-state index contributed by atoms with van der Waals surface area (Å²) in [4.78, 5) is 2.85. The third-order valence-electron chi connectivity index (χ3n) is 2.84. The van der Waals surface area contributed by atoms with Gasteiger partial charge in [-0.3, -0.25) is 0 Å². The van der Waals surface area contributed by atoms with Crippen molar-refractivity contribution in [2.24, 2.45) is 0 Å². The highest BCUT2D eigenvalue weighted by Crippen LogP contribution is 2.21. The van der Waals surface area contributed by atoms with E-state index < -0.39 is 0 Å². The summed E-state index contributed by atoms with van der Waals surface area (Å²) in [5.41, 5.74) is 2.45. The molecule has 3 aromatic carbocycles. The third-order valence-corrected chi connectivity index (χ3v) is 4.07. The monoisotopic (exact) mass is 328 g/mol. The summed E-state index contributed by atoms with van der Waals surface area (Å²) in [5.74, 6) is 0. The fourth-order valence-electron chi connectivity index (χ4n) is 1.78. The van der Waals surface area contributed by atoms with Gasteiger partial charge in [0.05, 0.1) is 0 Å². The van der Waals surface area contributed by atoms with Crippen molar-refractivity contribution in [3.05, 3.63) is 78.9 Å². The zero-order valence-electron chi connectivity index (χ0n) is 11.3. The molecule has 0 amide bonds. The molecular weight excluding hydrogens is 312 g/mol. The van der Waals surface area contributed by atoms with Gasteiger partial charge in [-0.25, -0.2) is 0 Å². The number of rotatable bonds is 1. The van der Waals surface area contributed by atoms with Crippen LogP contribution in [0.2, 0.25) is 0 Å². The van der Waals surface area contributed by atoms with E-state index in [9.17, 15) is 0 Å². The Morgan fingerprint density at radius 3 is 1.52 bits per heavy atom. The van der Waals surface area contributed by atoms with Crippen molar-refractivity contribution in [1.82, 2.24) is 0 Å². The molecule has 106 valence electrons. The van der Waals surface area contributed by atoms with E-state index in [1.807, 2.05) is 54.6 Å². The van der Waals surface area contributed by atoms with Crippen molar-refractivity contribution in [2.45, 2.75) is 14.7 Å². The van der Waals surface area contributed by atoms with E-state index in [0.717, 1.165) is 14.7 Å². The molecule has 3 heteroatoms. The Balaban J connectivity index is 0.000000173. The van der Waals surface area contributed by atoms with Crippen LogP contribution < -0.4 is 0 Å². The summed E-state index contributed by atoms with van der Waals surface area (Å²) in [5, 5.41) is 0. The van der Waals surface area contributed by atoms with Gasteiger partial charge in [0.1, 0.15) is 0 Å². The van der Waals surface area contributed by atoms with Crippen LogP contribution >= 0.6 is 37.9 Å². The Morgan fingerprint density at radius 1 is 0.476 bits per heavy atom. The van der Waals surface area contributed by atoms with E-state index in [0.29, 0.717) is 0 Å². The summed E-state index contributed by atoms with van der Waals surface area (Å²) < 4.78 is 0. The second-order valence-electron chi connectivity index (χ2n) is 4.41. The van der Waals surface area contributed by atoms with Crippen molar-refractivity contribution < 1.29 is 0 Å². The van der Waals surface area contributed by atoms with E-state index in [1.54, 1.807) is 0 Å². The molecule has 0 radical (unpaired) electrons. The molecule has 0 saturated heterocycles. The Labute approximate surface area is 142 Å². The smallest absolute Gasteiger partial charge is 0.0174 e. The van der Waals surface area contributed by atoms with Crippen molar-refractivity contribution >= 4 is 37.9 Å². The normalized spacial score (nSPS) is 9.67. The summed E-state index contributed by atoms with van der Waals surface area (Å²) in [6.07, 6.45) is 0. The molecule has 3 aromatic rings. The summed E-state index contributed by atoms with van der Waals surface area (Å²) in [6, 6.07) is 26.1. The van der Waals surface area contributed by atoms with Gasteiger partial charge in [0.15, 0.2) is 0 Å². The van der Waals surface area contributed by atoms with E-state index in [2.05, 4.69) is 62.2 Å². The lowest BCUT2D eigenvalue weighted by Crippen LogP contribution is -1.75. The highest BCUT2D eigenvalue weighted by atomic mass is 32.1. The van der Waals surface area contributed by atoms with Gasteiger partial charge in [-0.1, -0.05) is 54.6 Å². The van der Waals surface area contributed by atoms with Crippen LogP contribution in [0.1, 0.15) is 0 Å². The molecular formula is C18H16S3. The van der Waals surface area contributed by atoms with E-state index in [1.165, 1.54) is 11.1 Å². The molecule has 0 saturated carbocycles. The highest BCUT2D eigenvalue weighted by Gasteiger charge is 1.95. The minimum Gasteiger partial charge on any atom is -0.143 e. The quantitative estimate of drug-likeness (QED) is 0.455. The average Bonchev–Trinajstić information content (AvgIpc) is 2.52. The SMILES string of the molecule is Sc1cccc(-c2ccccc2)c1.Sc1ccccc1S. The van der Waals surface area contributed by atoms with Gasteiger partial charge in [-0.15, -0.1) is 37.9 Å². The molecule has 0 atom stereocenters. The molecule has 0 aliphatic rings. The molecule has 0 aromatic heterocycles. The molecule has 0 aliphatic heterocycles. The first-order chi connectivity index (χ1) is 10.2. The molecule has 3 rings (SSSR count). The van der Waals surface area contributed by atoms with Crippen molar-refractivity contribution in [3.63, 3.8) is 0 Å². The Morgan fingerprint density at radius 2 is 1.00 bits per heavy atom. The first-order valence-corrected chi connectivity index (χ1v) is 7.82. The van der Waals surface area contributed by atoms with Gasteiger partial charge in [0.25, 0.3) is 0 Å². The largest absolute Gasteiger partial charge is 0.143 e. The topological polar surface area (TPSA) is 0 Å². The maximum Gasteiger partial charge on any atom is 0.0174 e. The Kier molecular flexibility index (Phi) is 6.30. The van der Waals surface area contributed by atoms with E-state index >= 15 is 0 Å².